The van der Waals surface area contributed by atoms with E-state index in [1.54, 1.807) is 20.8 Å². The van der Waals surface area contributed by atoms with Crippen LogP contribution in [0, 0.1) is 5.92 Å². The van der Waals surface area contributed by atoms with Gasteiger partial charge in [-0.3, -0.25) is 14.4 Å². The summed E-state index contributed by atoms with van der Waals surface area (Å²) in [6.07, 6.45) is -0.253. The molecule has 3 atom stereocenters. The molecular weight excluding hydrogens is 717 g/mol. The quantitative estimate of drug-likeness (QED) is 0.117. The number of amides is 2. The first-order valence-corrected chi connectivity index (χ1v) is 21.4. The van der Waals surface area contributed by atoms with E-state index in [2.05, 4.69) is 52.2 Å². The van der Waals surface area contributed by atoms with E-state index >= 15 is 0 Å². The molecule has 8 nitrogen and oxygen atoms in total. The SMILES string of the molecule is CC(C)(C)OC(=O)N[C@@H](Cc1ccccc1)C(=O)C[C@@H](Cc1ccccc1)C(=O)N[C@@H](Cc1ccccc1)C(=O)O[Si](c1ccccc1)(C(C)(C)C)C(C)(C)C. The topological polar surface area (TPSA) is 111 Å². The van der Waals surface area contributed by atoms with Crippen molar-refractivity contribution in [1.82, 2.24) is 10.6 Å². The van der Waals surface area contributed by atoms with Crippen molar-refractivity contribution in [2.45, 2.75) is 116 Å². The largest absolute Gasteiger partial charge is 0.512 e. The van der Waals surface area contributed by atoms with Gasteiger partial charge in [-0.15, -0.1) is 0 Å². The third-order valence-corrected chi connectivity index (χ3v) is 15.8. The number of alkyl carbamates (subject to hydrolysis) is 1. The molecule has 298 valence electrons. The zero-order chi connectivity index (χ0) is 41.1. The Balaban J connectivity index is 1.71. The molecule has 4 aromatic rings. The van der Waals surface area contributed by atoms with Gasteiger partial charge in [-0.25, -0.2) is 4.79 Å². The third kappa shape index (κ3) is 12.0. The van der Waals surface area contributed by atoms with Crippen molar-refractivity contribution in [1.29, 1.82) is 0 Å². The smallest absolute Gasteiger partial charge is 0.408 e. The van der Waals surface area contributed by atoms with Crippen LogP contribution in [-0.4, -0.2) is 49.8 Å². The molecule has 56 heavy (non-hydrogen) atoms. The minimum atomic E-state index is -3.18. The first-order chi connectivity index (χ1) is 26.3. The summed E-state index contributed by atoms with van der Waals surface area (Å²) < 4.78 is 12.4. The lowest BCUT2D eigenvalue weighted by Crippen LogP contribution is -2.66. The molecule has 0 radical (unpaired) electrons. The van der Waals surface area contributed by atoms with Crippen molar-refractivity contribution >= 4 is 37.3 Å². The number of rotatable bonds is 15. The van der Waals surface area contributed by atoms with Crippen LogP contribution in [0.4, 0.5) is 4.79 Å². The summed E-state index contributed by atoms with van der Waals surface area (Å²) in [4.78, 5) is 56.7. The molecule has 9 heteroatoms. The minimum absolute atomic E-state index is 0.187. The molecule has 0 aromatic heterocycles. The fourth-order valence-corrected chi connectivity index (χ4v) is 13.5. The number of carbonyl (C=O) groups is 4. The van der Waals surface area contributed by atoms with Crippen LogP contribution in [0.25, 0.3) is 0 Å². The molecule has 2 amide bonds. The number of Topliss-reactive ketones (excluding diaryl/α,β-unsaturated/α-hetero) is 1. The van der Waals surface area contributed by atoms with E-state index in [0.29, 0.717) is 0 Å². The van der Waals surface area contributed by atoms with Crippen molar-refractivity contribution in [3.63, 3.8) is 0 Å². The van der Waals surface area contributed by atoms with Gasteiger partial charge in [0.25, 0.3) is 8.32 Å². The summed E-state index contributed by atoms with van der Waals surface area (Å²) in [5.74, 6) is -2.15. The summed E-state index contributed by atoms with van der Waals surface area (Å²) in [6, 6.07) is 36.4. The van der Waals surface area contributed by atoms with Crippen molar-refractivity contribution in [2.75, 3.05) is 0 Å². The van der Waals surface area contributed by atoms with E-state index in [0.717, 1.165) is 21.9 Å². The first-order valence-electron chi connectivity index (χ1n) is 19.5. The maximum atomic E-state index is 14.8. The van der Waals surface area contributed by atoms with Crippen molar-refractivity contribution in [2.24, 2.45) is 5.92 Å². The highest BCUT2D eigenvalue weighted by atomic mass is 28.4. The van der Waals surface area contributed by atoms with Crippen molar-refractivity contribution in [3.8, 4) is 0 Å². The number of ketones is 1. The van der Waals surface area contributed by atoms with E-state index in [4.69, 9.17) is 9.16 Å². The van der Waals surface area contributed by atoms with E-state index in [1.807, 2.05) is 121 Å². The second-order valence-corrected chi connectivity index (χ2v) is 22.8. The monoisotopic (exact) mass is 776 g/mol. The summed E-state index contributed by atoms with van der Waals surface area (Å²) >= 11 is 0. The number of nitrogens with one attached hydrogen (secondary N) is 2. The van der Waals surface area contributed by atoms with Crippen LogP contribution in [0.15, 0.2) is 121 Å². The Hall–Kier alpha value is -5.02. The van der Waals surface area contributed by atoms with Crippen LogP contribution in [0.1, 0.15) is 85.4 Å². The molecule has 0 aliphatic rings. The molecule has 0 saturated carbocycles. The Labute approximate surface area is 334 Å². The van der Waals surface area contributed by atoms with Gasteiger partial charge < -0.3 is 19.8 Å². The van der Waals surface area contributed by atoms with Gasteiger partial charge in [0.05, 0.1) is 6.04 Å². The number of benzene rings is 4. The number of carbonyl (C=O) groups excluding carboxylic acids is 4. The Bertz CT molecular complexity index is 1870. The van der Waals surface area contributed by atoms with Crippen LogP contribution < -0.4 is 15.8 Å². The van der Waals surface area contributed by atoms with E-state index < -0.39 is 60.0 Å². The Morgan fingerprint density at radius 1 is 0.554 bits per heavy atom. The maximum Gasteiger partial charge on any atom is 0.408 e. The van der Waals surface area contributed by atoms with Gasteiger partial charge in [0.1, 0.15) is 11.6 Å². The molecule has 0 aliphatic carbocycles. The number of ether oxygens (including phenoxy) is 1. The molecular formula is C47H60N2O6Si. The third-order valence-electron chi connectivity index (χ3n) is 9.94. The van der Waals surface area contributed by atoms with E-state index in [-0.39, 0.29) is 31.5 Å². The van der Waals surface area contributed by atoms with E-state index in [1.165, 1.54) is 0 Å². The Morgan fingerprint density at radius 2 is 0.964 bits per heavy atom. The lowest BCUT2D eigenvalue weighted by molar-refractivity contribution is -0.141. The van der Waals surface area contributed by atoms with Crippen LogP contribution >= 0.6 is 0 Å². The zero-order valence-corrected chi connectivity index (χ0v) is 35.6. The zero-order valence-electron chi connectivity index (χ0n) is 34.6. The predicted molar refractivity (Wildman–Crippen MR) is 226 cm³/mol. The molecule has 2 N–H and O–H groups in total. The second-order valence-electron chi connectivity index (χ2n) is 17.7. The minimum Gasteiger partial charge on any atom is -0.512 e. The van der Waals surface area contributed by atoms with Crippen LogP contribution in [-0.2, 0) is 42.8 Å². The first kappa shape index (κ1) is 43.7. The van der Waals surface area contributed by atoms with Gasteiger partial charge in [-0.05, 0) is 65.6 Å². The van der Waals surface area contributed by atoms with Crippen LogP contribution in [0.2, 0.25) is 10.1 Å². The Morgan fingerprint density at radius 3 is 1.39 bits per heavy atom. The van der Waals surface area contributed by atoms with Gasteiger partial charge in [-0.1, -0.05) is 163 Å². The molecule has 4 rings (SSSR count). The fraction of sp³-hybridized carbons (Fsp3) is 0.404. The number of hydrogen-bond donors (Lipinski definition) is 2. The van der Waals surface area contributed by atoms with Crippen molar-refractivity contribution in [3.05, 3.63) is 138 Å². The number of hydrogen-bond acceptors (Lipinski definition) is 6. The lowest BCUT2D eigenvalue weighted by atomic mass is 9.89. The van der Waals surface area contributed by atoms with Crippen LogP contribution in [0.3, 0.4) is 0 Å². The molecule has 0 aliphatic heterocycles. The lowest BCUT2D eigenvalue weighted by Gasteiger charge is -2.50. The average molecular weight is 777 g/mol. The molecule has 4 aromatic carbocycles. The van der Waals surface area contributed by atoms with Gasteiger partial charge in [0.2, 0.25) is 5.91 Å². The van der Waals surface area contributed by atoms with Gasteiger partial charge >= 0.3 is 12.1 Å². The molecule has 0 unspecified atom stereocenters. The molecule has 0 fully saturated rings. The Kier molecular flexibility index (Phi) is 14.6. The molecule has 0 saturated heterocycles. The van der Waals surface area contributed by atoms with Gasteiger partial charge in [0.15, 0.2) is 5.78 Å². The maximum absolute atomic E-state index is 14.8. The van der Waals surface area contributed by atoms with Gasteiger partial charge in [-0.2, -0.15) is 0 Å². The highest BCUT2D eigenvalue weighted by molar-refractivity contribution is 6.92. The summed E-state index contributed by atoms with van der Waals surface area (Å²) in [7, 11) is -3.18. The standard InChI is InChI=1S/C47H60N2O6Si/c1-45(2,3)54-44(53)49-39(31-35-24-16-11-17-25-35)41(50)33-37(30-34-22-14-10-15-23-34)42(51)48-40(32-36-26-18-12-19-27-36)43(52)55-56(46(4,5)6,47(7,8)9)38-28-20-13-21-29-38/h10-29,37,39-40H,30-33H2,1-9H3,(H,48,51)(H,49,53)/t37-,39+,40+/m1/s1. The summed E-state index contributed by atoms with van der Waals surface area (Å²) in [5, 5.41) is 6.01. The molecule has 0 bridgehead atoms. The molecule has 0 heterocycles. The van der Waals surface area contributed by atoms with Crippen molar-refractivity contribution < 1.29 is 28.3 Å². The van der Waals surface area contributed by atoms with E-state index in [9.17, 15) is 19.2 Å². The van der Waals surface area contributed by atoms with Gasteiger partial charge in [0, 0.05) is 18.8 Å². The fourth-order valence-electron chi connectivity index (χ4n) is 7.67. The molecule has 0 spiro atoms. The second kappa shape index (κ2) is 18.7. The summed E-state index contributed by atoms with van der Waals surface area (Å²) in [5.41, 5.74) is 1.79. The average Bonchev–Trinajstić information content (AvgIpc) is 3.12. The normalized spacial score (nSPS) is 13.8. The predicted octanol–water partition coefficient (Wildman–Crippen LogP) is 8.66. The highest BCUT2D eigenvalue weighted by Gasteiger charge is 2.59. The highest BCUT2D eigenvalue weighted by Crippen LogP contribution is 2.51. The van der Waals surface area contributed by atoms with Crippen LogP contribution in [0.5, 0.6) is 0 Å². The summed E-state index contributed by atoms with van der Waals surface area (Å²) in [6.45, 7) is 18.0.